The fraction of sp³-hybridized carbons (Fsp3) is 0.483. The predicted molar refractivity (Wildman–Crippen MR) is 148 cm³/mol. The summed E-state index contributed by atoms with van der Waals surface area (Å²) in [6.07, 6.45) is 1.49. The summed E-state index contributed by atoms with van der Waals surface area (Å²) in [5, 5.41) is 16.0. The van der Waals surface area contributed by atoms with Gasteiger partial charge in [-0.05, 0) is 83.6 Å². The van der Waals surface area contributed by atoms with Gasteiger partial charge in [0.25, 0.3) is 5.91 Å². The summed E-state index contributed by atoms with van der Waals surface area (Å²) in [7, 11) is 0. The number of halogens is 1. The first kappa shape index (κ1) is 29.5. The molecule has 3 rings (SSSR count). The van der Waals surface area contributed by atoms with Crippen molar-refractivity contribution in [3.63, 3.8) is 0 Å². The molecule has 1 fully saturated rings. The molecule has 0 spiro atoms. The summed E-state index contributed by atoms with van der Waals surface area (Å²) in [6.45, 7) is 10.1. The van der Waals surface area contributed by atoms with Gasteiger partial charge in [0.15, 0.2) is 0 Å². The van der Waals surface area contributed by atoms with Crippen molar-refractivity contribution in [2.45, 2.75) is 84.5 Å². The molecule has 8 nitrogen and oxygen atoms in total. The number of nitrogens with one attached hydrogen (secondary N) is 2. The Morgan fingerprint density at radius 3 is 2.34 bits per heavy atom. The Morgan fingerprint density at radius 1 is 1.11 bits per heavy atom. The highest BCUT2D eigenvalue weighted by molar-refractivity contribution is 6.34. The molecule has 0 radical (unpaired) electrons. The van der Waals surface area contributed by atoms with Crippen LogP contribution in [0.2, 0.25) is 5.02 Å². The molecule has 0 aliphatic heterocycles. The molecular weight excluding hydrogens is 506 g/mol. The van der Waals surface area contributed by atoms with Gasteiger partial charge in [-0.2, -0.15) is 0 Å². The van der Waals surface area contributed by atoms with Crippen LogP contribution in [0.5, 0.6) is 0 Å². The first-order valence-corrected chi connectivity index (χ1v) is 13.3. The van der Waals surface area contributed by atoms with Crippen molar-refractivity contribution in [1.82, 2.24) is 10.2 Å². The molecule has 0 saturated heterocycles. The molecule has 38 heavy (non-hydrogen) atoms. The lowest BCUT2D eigenvalue weighted by atomic mass is 9.87. The average molecular weight is 544 g/mol. The second-order valence-corrected chi connectivity index (χ2v) is 11.3. The van der Waals surface area contributed by atoms with Gasteiger partial charge in [0.05, 0.1) is 17.3 Å². The Bertz CT molecular complexity index is 1170. The second-order valence-electron chi connectivity index (χ2n) is 10.9. The predicted octanol–water partition coefficient (Wildman–Crippen LogP) is 5.21. The zero-order chi connectivity index (χ0) is 28.2. The number of hydrogen-bond donors (Lipinski definition) is 3. The second kappa shape index (κ2) is 12.2. The van der Waals surface area contributed by atoms with Crippen LogP contribution in [0.25, 0.3) is 0 Å². The molecule has 3 N–H and O–H groups in total. The fourth-order valence-electron chi connectivity index (χ4n) is 4.45. The topological polar surface area (TPSA) is 108 Å². The van der Waals surface area contributed by atoms with E-state index in [2.05, 4.69) is 10.6 Å². The number of aliphatic hydroxyl groups excluding tert-OH is 1. The number of ether oxygens (including phenoxy) is 1. The number of carbonyl (C=O) groups is 3. The van der Waals surface area contributed by atoms with Crippen LogP contribution in [0.4, 0.5) is 10.5 Å². The number of para-hydroxylation sites is 1. The van der Waals surface area contributed by atoms with E-state index in [-0.39, 0.29) is 6.04 Å². The molecular formula is C29H38ClN3O5. The molecule has 9 heteroatoms. The van der Waals surface area contributed by atoms with E-state index in [1.165, 1.54) is 4.90 Å². The first-order valence-electron chi connectivity index (χ1n) is 12.9. The van der Waals surface area contributed by atoms with Crippen molar-refractivity contribution in [2.24, 2.45) is 0 Å². The summed E-state index contributed by atoms with van der Waals surface area (Å²) in [5.74, 6) is -0.982. The number of anilines is 1. The summed E-state index contributed by atoms with van der Waals surface area (Å²) in [6, 6.07) is 8.56. The molecule has 1 aliphatic carbocycles. The van der Waals surface area contributed by atoms with Crippen molar-refractivity contribution < 1.29 is 24.2 Å². The SMILES string of the molecule is Cc1ccc(C)c(C(C(=O)Nc2c(C)cccc2Cl)N(C(=O)C(CO)NC(=O)OC(C)(C)C)C2CCC2)c1. The van der Waals surface area contributed by atoms with Gasteiger partial charge in [-0.25, -0.2) is 4.79 Å². The van der Waals surface area contributed by atoms with Gasteiger partial charge in [-0.1, -0.05) is 47.5 Å². The average Bonchev–Trinajstić information content (AvgIpc) is 2.79. The number of benzene rings is 2. The standard InChI is InChI=1S/C29H38ClN3O5/c1-17-13-14-18(2)21(15-17)25(26(35)32-24-19(3)9-7-12-22(24)30)33(20-10-8-11-20)27(36)23(16-34)31-28(37)38-29(4,5)6/h7,9,12-15,20,23,25,34H,8,10-11,16H2,1-6H3,(H,31,37)(H,32,35). The van der Waals surface area contributed by atoms with Crippen LogP contribution in [0.3, 0.4) is 0 Å². The maximum absolute atomic E-state index is 14.1. The van der Waals surface area contributed by atoms with Crippen molar-refractivity contribution in [3.05, 3.63) is 63.7 Å². The molecule has 2 atom stereocenters. The van der Waals surface area contributed by atoms with E-state index in [4.69, 9.17) is 16.3 Å². The highest BCUT2D eigenvalue weighted by Crippen LogP contribution is 2.36. The molecule has 0 aromatic heterocycles. The maximum atomic E-state index is 14.1. The van der Waals surface area contributed by atoms with Gasteiger partial charge in [-0.3, -0.25) is 9.59 Å². The Morgan fingerprint density at radius 2 is 1.79 bits per heavy atom. The zero-order valence-corrected chi connectivity index (χ0v) is 23.7. The normalized spacial score (nSPS) is 15.2. The molecule has 2 aromatic rings. The van der Waals surface area contributed by atoms with E-state index in [1.807, 2.05) is 45.0 Å². The summed E-state index contributed by atoms with van der Waals surface area (Å²) in [4.78, 5) is 42.1. The van der Waals surface area contributed by atoms with Crippen LogP contribution in [0.1, 0.15) is 68.3 Å². The smallest absolute Gasteiger partial charge is 0.408 e. The Labute approximate surface area is 229 Å². The largest absolute Gasteiger partial charge is 0.444 e. The van der Waals surface area contributed by atoms with Crippen molar-refractivity contribution >= 4 is 35.2 Å². The van der Waals surface area contributed by atoms with E-state index in [0.717, 1.165) is 23.1 Å². The third-order valence-electron chi connectivity index (χ3n) is 6.62. The molecule has 1 saturated carbocycles. The van der Waals surface area contributed by atoms with Gasteiger partial charge < -0.3 is 25.4 Å². The minimum absolute atomic E-state index is 0.236. The van der Waals surface area contributed by atoms with Gasteiger partial charge in [0, 0.05) is 6.04 Å². The Balaban J connectivity index is 2.06. The third kappa shape index (κ3) is 7.05. The lowest BCUT2D eigenvalue weighted by Crippen LogP contribution is -2.58. The number of hydrogen-bond acceptors (Lipinski definition) is 5. The van der Waals surface area contributed by atoms with Crippen molar-refractivity contribution in [2.75, 3.05) is 11.9 Å². The lowest BCUT2D eigenvalue weighted by molar-refractivity contribution is -0.146. The van der Waals surface area contributed by atoms with Crippen LogP contribution in [0.15, 0.2) is 36.4 Å². The van der Waals surface area contributed by atoms with Gasteiger partial charge in [-0.15, -0.1) is 0 Å². The minimum atomic E-state index is -1.28. The highest BCUT2D eigenvalue weighted by Gasteiger charge is 2.42. The number of nitrogens with zero attached hydrogens (tertiary/aromatic N) is 1. The van der Waals surface area contributed by atoms with Crippen LogP contribution >= 0.6 is 11.6 Å². The number of alkyl carbamates (subject to hydrolysis) is 1. The molecule has 0 heterocycles. The lowest BCUT2D eigenvalue weighted by Gasteiger charge is -2.43. The molecule has 1 aliphatic rings. The van der Waals surface area contributed by atoms with Crippen LogP contribution < -0.4 is 10.6 Å². The van der Waals surface area contributed by atoms with Crippen LogP contribution in [-0.2, 0) is 14.3 Å². The molecule has 3 amide bonds. The first-order chi connectivity index (χ1) is 17.8. The number of aliphatic hydroxyl groups is 1. The monoisotopic (exact) mass is 543 g/mol. The molecule has 0 bridgehead atoms. The summed E-state index contributed by atoms with van der Waals surface area (Å²) < 4.78 is 5.31. The van der Waals surface area contributed by atoms with Gasteiger partial charge in [0.1, 0.15) is 17.7 Å². The highest BCUT2D eigenvalue weighted by atomic mass is 35.5. The van der Waals surface area contributed by atoms with E-state index in [9.17, 15) is 19.5 Å². The number of carbonyl (C=O) groups excluding carboxylic acids is 3. The Hall–Kier alpha value is -3.10. The number of aryl methyl sites for hydroxylation is 3. The summed E-state index contributed by atoms with van der Waals surface area (Å²) >= 11 is 6.42. The zero-order valence-electron chi connectivity index (χ0n) is 22.9. The van der Waals surface area contributed by atoms with Crippen LogP contribution in [0, 0.1) is 20.8 Å². The maximum Gasteiger partial charge on any atom is 0.408 e. The van der Waals surface area contributed by atoms with Gasteiger partial charge in [0.2, 0.25) is 5.91 Å². The van der Waals surface area contributed by atoms with E-state index in [0.29, 0.717) is 29.1 Å². The minimum Gasteiger partial charge on any atom is -0.444 e. The van der Waals surface area contributed by atoms with Crippen molar-refractivity contribution in [1.29, 1.82) is 0 Å². The third-order valence-corrected chi connectivity index (χ3v) is 6.94. The fourth-order valence-corrected chi connectivity index (χ4v) is 4.72. The number of rotatable bonds is 8. The summed E-state index contributed by atoms with van der Waals surface area (Å²) in [5.41, 5.74) is 2.91. The van der Waals surface area contributed by atoms with E-state index < -0.39 is 42.2 Å². The Kier molecular flexibility index (Phi) is 9.44. The quantitative estimate of drug-likeness (QED) is 0.423. The number of amides is 3. The molecule has 2 unspecified atom stereocenters. The van der Waals surface area contributed by atoms with Crippen LogP contribution in [-0.4, -0.2) is 52.2 Å². The van der Waals surface area contributed by atoms with E-state index in [1.54, 1.807) is 32.9 Å². The van der Waals surface area contributed by atoms with Crippen molar-refractivity contribution in [3.8, 4) is 0 Å². The molecule has 2 aromatic carbocycles. The van der Waals surface area contributed by atoms with E-state index >= 15 is 0 Å². The molecule has 206 valence electrons. The van der Waals surface area contributed by atoms with Gasteiger partial charge >= 0.3 is 6.09 Å².